The zero-order valence-corrected chi connectivity index (χ0v) is 14.5. The molecule has 0 saturated carbocycles. The van der Waals surface area contributed by atoms with Gasteiger partial charge in [-0.05, 0) is 29.8 Å². The zero-order valence-electron chi connectivity index (χ0n) is 13.7. The molecule has 0 aliphatic heterocycles. The van der Waals surface area contributed by atoms with Gasteiger partial charge in [-0.15, -0.1) is 0 Å². The highest BCUT2D eigenvalue weighted by Crippen LogP contribution is 2.29. The van der Waals surface area contributed by atoms with E-state index in [2.05, 4.69) is 4.98 Å². The van der Waals surface area contributed by atoms with Crippen molar-refractivity contribution >= 4 is 28.4 Å². The minimum atomic E-state index is -4.38. The fourth-order valence-electron chi connectivity index (χ4n) is 2.67. The summed E-state index contributed by atoms with van der Waals surface area (Å²) in [6.45, 7) is 0.172. The molecule has 26 heavy (non-hydrogen) atoms. The summed E-state index contributed by atoms with van der Waals surface area (Å²) in [5, 5.41) is 0.871. The van der Waals surface area contributed by atoms with Gasteiger partial charge < -0.3 is 4.90 Å². The minimum Gasteiger partial charge on any atom is -0.337 e. The number of pyridine rings is 1. The fraction of sp³-hybridized carbons (Fsp3) is 0.158. The summed E-state index contributed by atoms with van der Waals surface area (Å²) in [5.41, 5.74) is 0.877. The summed E-state index contributed by atoms with van der Waals surface area (Å²) in [6.07, 6.45) is -4.38. The molecule has 0 spiro atoms. The second kappa shape index (κ2) is 6.96. The summed E-state index contributed by atoms with van der Waals surface area (Å²) in [6, 6.07) is 13.4. The first-order valence-corrected chi connectivity index (χ1v) is 8.10. The second-order valence-electron chi connectivity index (χ2n) is 5.87. The smallest absolute Gasteiger partial charge is 0.337 e. The summed E-state index contributed by atoms with van der Waals surface area (Å²) < 4.78 is 37.9. The van der Waals surface area contributed by atoms with E-state index in [1.807, 2.05) is 0 Å². The lowest BCUT2D eigenvalue weighted by molar-refractivity contribution is -0.137. The molecule has 0 aliphatic rings. The molecule has 0 N–H and O–H groups in total. The Bertz CT molecular complexity index is 955. The Hall–Kier alpha value is -2.60. The number of carbonyl (C=O) groups excluding carboxylic acids is 1. The highest BCUT2D eigenvalue weighted by Gasteiger charge is 2.30. The van der Waals surface area contributed by atoms with Gasteiger partial charge in [0.2, 0.25) is 0 Å². The lowest BCUT2D eigenvalue weighted by atomic mass is 10.1. The number of amides is 1. The Morgan fingerprint density at radius 1 is 1.12 bits per heavy atom. The number of fused-ring (bicyclic) bond motifs is 1. The van der Waals surface area contributed by atoms with Crippen molar-refractivity contribution in [3.05, 3.63) is 76.4 Å². The van der Waals surface area contributed by atoms with E-state index >= 15 is 0 Å². The van der Waals surface area contributed by atoms with Crippen molar-refractivity contribution in [1.82, 2.24) is 9.88 Å². The van der Waals surface area contributed by atoms with Crippen LogP contribution in [0, 0.1) is 0 Å². The third-order valence-corrected chi connectivity index (χ3v) is 4.16. The SMILES string of the molecule is CN(Cc1ccc(C(F)(F)F)cc1)C(=O)c1cc(Cl)nc2ccccc12. The van der Waals surface area contributed by atoms with E-state index in [1.54, 1.807) is 31.3 Å². The molecule has 0 unspecified atom stereocenters. The average Bonchev–Trinajstić information content (AvgIpc) is 2.60. The lowest BCUT2D eigenvalue weighted by Crippen LogP contribution is -2.26. The molecule has 0 bridgehead atoms. The number of para-hydroxylation sites is 1. The van der Waals surface area contributed by atoms with Crippen LogP contribution in [0.15, 0.2) is 54.6 Å². The van der Waals surface area contributed by atoms with Gasteiger partial charge in [0.25, 0.3) is 5.91 Å². The maximum absolute atomic E-state index is 12.8. The quantitative estimate of drug-likeness (QED) is 0.588. The standard InChI is InChI=1S/C19H14ClF3N2O/c1-25(11-12-6-8-13(9-7-12)19(21,22)23)18(26)15-10-17(20)24-16-5-3-2-4-14(15)16/h2-10H,11H2,1H3. The van der Waals surface area contributed by atoms with Crippen molar-refractivity contribution in [2.45, 2.75) is 12.7 Å². The lowest BCUT2D eigenvalue weighted by Gasteiger charge is -2.19. The summed E-state index contributed by atoms with van der Waals surface area (Å²) in [7, 11) is 1.59. The second-order valence-corrected chi connectivity index (χ2v) is 6.25. The predicted molar refractivity (Wildman–Crippen MR) is 94.0 cm³/mol. The molecule has 3 aromatic rings. The van der Waals surface area contributed by atoms with Crippen LogP contribution in [0.3, 0.4) is 0 Å². The van der Waals surface area contributed by atoms with Crippen molar-refractivity contribution in [2.75, 3.05) is 7.05 Å². The van der Waals surface area contributed by atoms with Gasteiger partial charge in [0.05, 0.1) is 16.6 Å². The Labute approximate surface area is 153 Å². The van der Waals surface area contributed by atoms with Gasteiger partial charge in [-0.25, -0.2) is 4.98 Å². The van der Waals surface area contributed by atoms with Gasteiger partial charge >= 0.3 is 6.18 Å². The number of carbonyl (C=O) groups is 1. The monoisotopic (exact) mass is 378 g/mol. The summed E-state index contributed by atoms with van der Waals surface area (Å²) >= 11 is 6.00. The van der Waals surface area contributed by atoms with Gasteiger partial charge in [0, 0.05) is 19.0 Å². The van der Waals surface area contributed by atoms with E-state index in [9.17, 15) is 18.0 Å². The molecule has 0 saturated heterocycles. The normalized spacial score (nSPS) is 11.6. The van der Waals surface area contributed by atoms with Crippen LogP contribution >= 0.6 is 11.6 Å². The van der Waals surface area contributed by atoms with Crippen molar-refractivity contribution in [2.24, 2.45) is 0 Å². The summed E-state index contributed by atoms with van der Waals surface area (Å²) in [4.78, 5) is 18.4. The Balaban J connectivity index is 1.85. The van der Waals surface area contributed by atoms with Gasteiger partial charge in [-0.3, -0.25) is 4.79 Å². The number of halogens is 4. The molecular formula is C19H14ClF3N2O. The molecule has 1 heterocycles. The van der Waals surface area contributed by atoms with E-state index < -0.39 is 11.7 Å². The molecule has 2 aromatic carbocycles. The molecule has 134 valence electrons. The number of aromatic nitrogens is 1. The van der Waals surface area contributed by atoms with E-state index in [4.69, 9.17) is 11.6 Å². The topological polar surface area (TPSA) is 33.2 Å². The average molecular weight is 379 g/mol. The Kier molecular flexibility index (Phi) is 4.87. The molecule has 0 atom stereocenters. The van der Waals surface area contributed by atoms with Crippen LogP contribution < -0.4 is 0 Å². The van der Waals surface area contributed by atoms with Crippen LogP contribution in [0.25, 0.3) is 10.9 Å². The first-order valence-electron chi connectivity index (χ1n) is 7.72. The van der Waals surface area contributed by atoms with Gasteiger partial charge in [0.15, 0.2) is 0 Å². The Morgan fingerprint density at radius 2 is 1.77 bits per heavy atom. The molecule has 0 aliphatic carbocycles. The number of alkyl halides is 3. The highest BCUT2D eigenvalue weighted by atomic mass is 35.5. The van der Waals surface area contributed by atoms with Crippen molar-refractivity contribution < 1.29 is 18.0 Å². The van der Waals surface area contributed by atoms with Crippen molar-refractivity contribution in [3.63, 3.8) is 0 Å². The first-order chi connectivity index (χ1) is 12.3. The van der Waals surface area contributed by atoms with E-state index in [1.165, 1.54) is 23.1 Å². The zero-order chi connectivity index (χ0) is 18.9. The van der Waals surface area contributed by atoms with Crippen molar-refractivity contribution in [1.29, 1.82) is 0 Å². The van der Waals surface area contributed by atoms with Crippen LogP contribution in [0.5, 0.6) is 0 Å². The van der Waals surface area contributed by atoms with Gasteiger partial charge in [0.1, 0.15) is 5.15 Å². The third-order valence-electron chi connectivity index (χ3n) is 3.96. The summed E-state index contributed by atoms with van der Waals surface area (Å²) in [5.74, 6) is -0.287. The molecular weight excluding hydrogens is 365 g/mol. The van der Waals surface area contributed by atoms with Gasteiger partial charge in [-0.2, -0.15) is 13.2 Å². The van der Waals surface area contributed by atoms with Gasteiger partial charge in [-0.1, -0.05) is 41.9 Å². The molecule has 0 radical (unpaired) electrons. The van der Waals surface area contributed by atoms with Crippen molar-refractivity contribution in [3.8, 4) is 0 Å². The maximum Gasteiger partial charge on any atom is 0.416 e. The molecule has 0 fully saturated rings. The van der Waals surface area contributed by atoms with E-state index in [0.717, 1.165) is 12.1 Å². The van der Waals surface area contributed by atoms with Crippen LogP contribution in [0.2, 0.25) is 5.15 Å². The number of hydrogen-bond donors (Lipinski definition) is 0. The number of hydrogen-bond acceptors (Lipinski definition) is 2. The molecule has 1 amide bonds. The third kappa shape index (κ3) is 3.80. The predicted octanol–water partition coefficient (Wildman–Crippen LogP) is 5.18. The largest absolute Gasteiger partial charge is 0.416 e. The number of benzene rings is 2. The highest BCUT2D eigenvalue weighted by molar-refractivity contribution is 6.30. The van der Waals surface area contributed by atoms with Crippen LogP contribution in [-0.2, 0) is 12.7 Å². The minimum absolute atomic E-state index is 0.172. The van der Waals surface area contributed by atoms with Crippen LogP contribution in [-0.4, -0.2) is 22.8 Å². The molecule has 1 aromatic heterocycles. The molecule has 3 nitrogen and oxygen atoms in total. The maximum atomic E-state index is 12.8. The number of rotatable bonds is 3. The van der Waals surface area contributed by atoms with Crippen LogP contribution in [0.1, 0.15) is 21.5 Å². The van der Waals surface area contributed by atoms with E-state index in [-0.39, 0.29) is 17.6 Å². The molecule has 3 rings (SSSR count). The molecule has 7 heteroatoms. The van der Waals surface area contributed by atoms with E-state index in [0.29, 0.717) is 22.0 Å². The first kappa shape index (κ1) is 18.2. The fourth-order valence-corrected chi connectivity index (χ4v) is 2.87. The number of nitrogens with zero attached hydrogens (tertiary/aromatic N) is 2. The van der Waals surface area contributed by atoms with Crippen LogP contribution in [0.4, 0.5) is 13.2 Å². The Morgan fingerprint density at radius 3 is 2.42 bits per heavy atom.